The van der Waals surface area contributed by atoms with E-state index in [2.05, 4.69) is 20.4 Å². The van der Waals surface area contributed by atoms with Crippen LogP contribution in [0.5, 0.6) is 5.75 Å². The van der Waals surface area contributed by atoms with E-state index in [1.807, 2.05) is 0 Å². The van der Waals surface area contributed by atoms with Crippen molar-refractivity contribution in [3.05, 3.63) is 39.3 Å². The summed E-state index contributed by atoms with van der Waals surface area (Å²) in [6, 6.07) is -3.97. The van der Waals surface area contributed by atoms with Gasteiger partial charge in [-0.05, 0) is 13.8 Å². The molecule has 0 aliphatic carbocycles. The molecule has 2 aliphatic heterocycles. The minimum absolute atomic E-state index is 0.00600. The Hall–Kier alpha value is -6.11. The second-order valence-corrected chi connectivity index (χ2v) is 12.3. The number of carbonyl (C=O) groups is 7. The van der Waals surface area contributed by atoms with Crippen LogP contribution in [0.15, 0.2) is 27.6 Å². The number of anilines is 1. The summed E-state index contributed by atoms with van der Waals surface area (Å²) in [6.45, 7) is 0.526. The molecule has 2 aliphatic rings. The lowest BCUT2D eigenvalue weighted by Gasteiger charge is -2.36. The number of carbonyl (C=O) groups excluding carboxylic acids is 6. The molecule has 0 aromatic carbocycles. The number of β-lactam (4-membered cyclic amide) rings is 1. The Balaban J connectivity index is 1.38. The maximum Gasteiger partial charge on any atom is 0.361 e. The molecule has 1 atom stereocenters. The van der Waals surface area contributed by atoms with E-state index in [9.17, 15) is 57.0 Å². The number of nitrogens with zero attached hydrogens (tertiary/aromatic N) is 5. The molecule has 23 nitrogen and oxygen atoms in total. The first-order valence-corrected chi connectivity index (χ1v) is 14.9. The smallest absolute Gasteiger partial charge is 0.361 e. The zero-order chi connectivity index (χ0) is 35.0. The van der Waals surface area contributed by atoms with E-state index < -0.39 is 99.2 Å². The molecule has 250 valence electrons. The lowest BCUT2D eigenvalue weighted by atomic mass is 10.1. The van der Waals surface area contributed by atoms with Gasteiger partial charge in [0.05, 0.1) is 6.54 Å². The number of nitrogen functional groups attached to an aromatic ring is 1. The molecule has 8 amide bonds. The van der Waals surface area contributed by atoms with Gasteiger partial charge in [-0.3, -0.25) is 34.3 Å². The van der Waals surface area contributed by atoms with Gasteiger partial charge in [0.2, 0.25) is 11.0 Å². The highest BCUT2D eigenvalue weighted by atomic mass is 32.2. The van der Waals surface area contributed by atoms with E-state index in [1.165, 1.54) is 10.1 Å². The number of oxime groups is 1. The van der Waals surface area contributed by atoms with Gasteiger partial charge in [0.1, 0.15) is 24.0 Å². The molecule has 4 heterocycles. The molecule has 2 fully saturated rings. The fourth-order valence-corrected chi connectivity index (χ4v) is 5.05. The van der Waals surface area contributed by atoms with Crippen molar-refractivity contribution >= 4 is 74.0 Å². The van der Waals surface area contributed by atoms with Gasteiger partial charge in [-0.25, -0.2) is 24.1 Å². The van der Waals surface area contributed by atoms with E-state index in [0.717, 1.165) is 31.4 Å². The molecule has 0 bridgehead atoms. The normalized spacial score (nSPS) is 16.9. The highest BCUT2D eigenvalue weighted by Crippen LogP contribution is 2.18. The van der Waals surface area contributed by atoms with Crippen LogP contribution in [-0.4, -0.2) is 115 Å². The highest BCUT2D eigenvalue weighted by Gasteiger charge is 2.48. The number of carboxylic acid groups (broad SMARTS) is 1. The summed E-state index contributed by atoms with van der Waals surface area (Å²) in [6.07, 6.45) is 0.755. The minimum atomic E-state index is -5.15. The molecular weight excluding hydrogens is 676 g/mol. The van der Waals surface area contributed by atoms with E-state index in [0.29, 0.717) is 11.0 Å². The van der Waals surface area contributed by atoms with E-state index >= 15 is 0 Å². The van der Waals surface area contributed by atoms with Crippen LogP contribution in [0.2, 0.25) is 0 Å². The first kappa shape index (κ1) is 33.8. The monoisotopic (exact) mass is 698 g/mol. The van der Waals surface area contributed by atoms with Crippen LogP contribution in [0.1, 0.15) is 30.0 Å². The van der Waals surface area contributed by atoms with Gasteiger partial charge in [0, 0.05) is 17.6 Å². The first-order chi connectivity index (χ1) is 21.8. The Morgan fingerprint density at radius 1 is 1.21 bits per heavy atom. The van der Waals surface area contributed by atoms with Gasteiger partial charge in [-0.2, -0.15) is 17.7 Å². The minimum Gasteiger partial charge on any atom is -0.503 e. The Kier molecular flexibility index (Phi) is 8.88. The van der Waals surface area contributed by atoms with Crippen molar-refractivity contribution in [2.24, 2.45) is 5.16 Å². The zero-order valence-electron chi connectivity index (χ0n) is 23.7. The lowest BCUT2D eigenvalue weighted by Crippen LogP contribution is -2.68. The number of aromatic hydroxyl groups is 1. The summed E-state index contributed by atoms with van der Waals surface area (Å²) < 4.78 is 26.8. The average Bonchev–Trinajstić information content (AvgIpc) is 3.54. The standard InChI is InChI=1S/C22H22N10O13S2/c1-22(2,18(39)40)45-28-14(10-7-46-19(23)26-10)16(37)25-9-5-30(17(9)38)20(41)29-47(43,44)31-6-13(35)32(21(31)42)27-15(36)8-3-11(33)12(34)4-24-8/h3-4,7,9,34H,5-6H2,1-2H3,(H2,23,26)(H,24,33)(H,25,37)(H,27,36)(H,29,41)(H,39,40)/t9-/m0/s1. The molecule has 8 N–H and O–H groups in total. The van der Waals surface area contributed by atoms with E-state index in [-0.39, 0.29) is 20.1 Å². The number of urea groups is 2. The third kappa shape index (κ3) is 6.93. The number of likely N-dealkylation sites (tertiary alicyclic amines) is 1. The van der Waals surface area contributed by atoms with E-state index in [1.54, 1.807) is 5.43 Å². The predicted molar refractivity (Wildman–Crippen MR) is 152 cm³/mol. The molecule has 0 spiro atoms. The number of carboxylic acids is 1. The summed E-state index contributed by atoms with van der Waals surface area (Å²) in [5.41, 5.74) is 3.29. The number of pyridine rings is 1. The number of nitrogens with one attached hydrogen (secondary N) is 4. The van der Waals surface area contributed by atoms with Gasteiger partial charge in [0.15, 0.2) is 16.6 Å². The number of thiazole rings is 1. The zero-order valence-corrected chi connectivity index (χ0v) is 25.4. The fraction of sp³-hybridized carbons (Fsp3) is 0.273. The van der Waals surface area contributed by atoms with Crippen LogP contribution in [0.4, 0.5) is 14.7 Å². The van der Waals surface area contributed by atoms with Crippen molar-refractivity contribution in [3.8, 4) is 5.75 Å². The van der Waals surface area contributed by atoms with Crippen molar-refractivity contribution in [1.82, 2.24) is 39.6 Å². The predicted octanol–water partition coefficient (Wildman–Crippen LogP) is -3.41. The summed E-state index contributed by atoms with van der Waals surface area (Å²) in [5.74, 6) is -6.87. The van der Waals surface area contributed by atoms with Crippen LogP contribution >= 0.6 is 11.3 Å². The number of imide groups is 2. The van der Waals surface area contributed by atoms with Gasteiger partial charge >= 0.3 is 28.2 Å². The Morgan fingerprint density at radius 3 is 2.47 bits per heavy atom. The summed E-state index contributed by atoms with van der Waals surface area (Å²) in [4.78, 5) is 110. The third-order valence-electron chi connectivity index (χ3n) is 6.13. The lowest BCUT2D eigenvalue weighted by molar-refractivity contribution is -0.161. The summed E-state index contributed by atoms with van der Waals surface area (Å²) in [5, 5.41) is 25.6. The maximum absolute atomic E-state index is 12.9. The SMILES string of the molecule is CC(C)(ON=C(C(=O)N[C@H]1CN(C(=O)NS(=O)(=O)N2CC(=O)N(NC(=O)c3cc(=O)c(O)c[nH]3)C2=O)C1=O)c1csc(N)n1)C(=O)O. The molecule has 47 heavy (non-hydrogen) atoms. The number of hydrogen-bond acceptors (Lipinski definition) is 16. The number of nitrogens with two attached hydrogens (primary N) is 1. The number of amides is 8. The Labute approximate surface area is 265 Å². The van der Waals surface area contributed by atoms with Crippen LogP contribution < -0.4 is 26.6 Å². The molecule has 4 rings (SSSR count). The number of H-pyrrole nitrogens is 1. The largest absolute Gasteiger partial charge is 0.503 e. The molecule has 25 heteroatoms. The number of aromatic amines is 1. The number of rotatable bonds is 10. The van der Waals surface area contributed by atoms with Crippen LogP contribution in [0, 0.1) is 0 Å². The van der Waals surface area contributed by atoms with E-state index in [4.69, 9.17) is 10.6 Å². The summed E-state index contributed by atoms with van der Waals surface area (Å²) in [7, 11) is -5.15. The molecular formula is C22H22N10O13S2. The maximum atomic E-state index is 12.9. The molecule has 0 radical (unpaired) electrons. The second-order valence-electron chi connectivity index (χ2n) is 9.86. The first-order valence-electron chi connectivity index (χ1n) is 12.6. The number of aliphatic carboxylic acids is 1. The topological polar surface area (TPSA) is 333 Å². The second kappa shape index (κ2) is 12.4. The van der Waals surface area contributed by atoms with Crippen molar-refractivity contribution in [1.29, 1.82) is 0 Å². The average molecular weight is 699 g/mol. The highest BCUT2D eigenvalue weighted by molar-refractivity contribution is 7.88. The van der Waals surface area contributed by atoms with Gasteiger partial charge in [0.25, 0.3) is 23.6 Å². The fourth-order valence-electron chi connectivity index (χ4n) is 3.50. The van der Waals surface area contributed by atoms with Crippen LogP contribution in [-0.2, 0) is 34.2 Å². The molecule has 2 aromatic heterocycles. The number of hydrazine groups is 1. The summed E-state index contributed by atoms with van der Waals surface area (Å²) >= 11 is 0.907. The van der Waals surface area contributed by atoms with Crippen molar-refractivity contribution in [2.75, 3.05) is 18.8 Å². The Bertz CT molecular complexity index is 1920. The Morgan fingerprint density at radius 2 is 1.89 bits per heavy atom. The van der Waals surface area contributed by atoms with Crippen LogP contribution in [0.25, 0.3) is 0 Å². The van der Waals surface area contributed by atoms with Crippen LogP contribution in [0.3, 0.4) is 0 Å². The van der Waals surface area contributed by atoms with Crippen molar-refractivity contribution in [2.45, 2.75) is 25.5 Å². The van der Waals surface area contributed by atoms with Gasteiger partial charge in [-0.1, -0.05) is 5.16 Å². The number of hydrogen-bond donors (Lipinski definition) is 7. The van der Waals surface area contributed by atoms with Gasteiger partial charge < -0.3 is 31.1 Å². The van der Waals surface area contributed by atoms with Crippen molar-refractivity contribution in [3.63, 3.8) is 0 Å². The molecule has 0 unspecified atom stereocenters. The quantitative estimate of drug-likeness (QED) is 0.0550. The third-order valence-corrected chi connectivity index (χ3v) is 8.10. The molecule has 0 saturated carbocycles. The molecule has 2 saturated heterocycles. The number of aromatic nitrogens is 2. The van der Waals surface area contributed by atoms with Crippen molar-refractivity contribution < 1.29 is 57.0 Å². The molecule has 2 aromatic rings. The van der Waals surface area contributed by atoms with Gasteiger partial charge in [-0.15, -0.1) is 11.3 Å².